The van der Waals surface area contributed by atoms with Crippen LogP contribution in [0.2, 0.25) is 0 Å². The summed E-state index contributed by atoms with van der Waals surface area (Å²) < 4.78 is 6.67. The number of rotatable bonds is 6. The number of nitrogens with one attached hydrogen (secondary N) is 1. The summed E-state index contributed by atoms with van der Waals surface area (Å²) >= 11 is 0. The third kappa shape index (κ3) is 4.35. The predicted molar refractivity (Wildman–Crippen MR) is 110 cm³/mol. The molecule has 0 saturated carbocycles. The van der Waals surface area contributed by atoms with Gasteiger partial charge in [-0.15, -0.1) is 0 Å². The van der Waals surface area contributed by atoms with Crippen LogP contribution in [0.25, 0.3) is 5.69 Å². The van der Waals surface area contributed by atoms with Gasteiger partial charge in [0.1, 0.15) is 5.56 Å². The van der Waals surface area contributed by atoms with Crippen molar-refractivity contribution in [1.82, 2.24) is 9.78 Å². The number of carbonyl (C=O) groups is 2. The van der Waals surface area contributed by atoms with Crippen molar-refractivity contribution in [1.29, 1.82) is 0 Å². The topological polar surface area (TPSA) is 116 Å². The van der Waals surface area contributed by atoms with Crippen molar-refractivity contribution in [3.8, 4) is 5.69 Å². The molecule has 154 valence electrons. The molecule has 3 rings (SSSR count). The lowest BCUT2D eigenvalue weighted by Gasteiger charge is -2.08. The number of carbonyl (C=O) groups excluding carboxylic acids is 2. The highest BCUT2D eigenvalue weighted by molar-refractivity contribution is 5.97. The van der Waals surface area contributed by atoms with Gasteiger partial charge < -0.3 is 10.1 Å². The van der Waals surface area contributed by atoms with E-state index in [2.05, 4.69) is 10.4 Å². The standard InChI is InChI=1S/C21H20N4O5/c1-13-8-10-16(11-9-13)24-15(3)20(14(2)23-24)22-19(26)12-30-21(27)17-6-4-5-7-18(17)25(28)29/h4-11H,12H2,1-3H3,(H,22,26). The molecule has 0 saturated heterocycles. The predicted octanol–water partition coefficient (Wildman–Crippen LogP) is 3.50. The van der Waals surface area contributed by atoms with E-state index in [1.807, 2.05) is 38.1 Å². The molecule has 1 aromatic heterocycles. The minimum absolute atomic E-state index is 0.213. The van der Waals surface area contributed by atoms with E-state index in [1.54, 1.807) is 11.6 Å². The second-order valence-electron chi connectivity index (χ2n) is 6.69. The van der Waals surface area contributed by atoms with E-state index in [4.69, 9.17) is 4.74 Å². The molecule has 2 aromatic carbocycles. The number of hydrogen-bond donors (Lipinski definition) is 1. The highest BCUT2D eigenvalue weighted by atomic mass is 16.6. The van der Waals surface area contributed by atoms with Gasteiger partial charge in [0, 0.05) is 6.07 Å². The van der Waals surface area contributed by atoms with Gasteiger partial charge in [0.05, 0.1) is 27.7 Å². The molecule has 0 fully saturated rings. The SMILES string of the molecule is Cc1ccc(-n2nc(C)c(NC(=O)COC(=O)c3ccccc3[N+](=O)[O-])c2C)cc1. The van der Waals surface area contributed by atoms with Crippen LogP contribution in [0.15, 0.2) is 48.5 Å². The van der Waals surface area contributed by atoms with E-state index in [0.29, 0.717) is 11.4 Å². The molecule has 3 aromatic rings. The summed E-state index contributed by atoms with van der Waals surface area (Å²) in [6.07, 6.45) is 0. The van der Waals surface area contributed by atoms with Crippen LogP contribution in [-0.2, 0) is 9.53 Å². The van der Waals surface area contributed by atoms with Gasteiger partial charge in [-0.05, 0) is 39.0 Å². The lowest BCUT2D eigenvalue weighted by Crippen LogP contribution is -2.22. The zero-order valence-electron chi connectivity index (χ0n) is 16.7. The molecule has 1 amide bonds. The molecule has 0 bridgehead atoms. The van der Waals surface area contributed by atoms with Crippen LogP contribution in [0.1, 0.15) is 27.3 Å². The van der Waals surface area contributed by atoms with Gasteiger partial charge in [-0.25, -0.2) is 9.48 Å². The zero-order chi connectivity index (χ0) is 21.8. The Bertz CT molecular complexity index is 1120. The van der Waals surface area contributed by atoms with Crippen LogP contribution in [0.3, 0.4) is 0 Å². The average molecular weight is 408 g/mol. The van der Waals surface area contributed by atoms with E-state index < -0.39 is 23.4 Å². The van der Waals surface area contributed by atoms with Crippen LogP contribution >= 0.6 is 0 Å². The van der Waals surface area contributed by atoms with Crippen LogP contribution in [0.5, 0.6) is 0 Å². The largest absolute Gasteiger partial charge is 0.452 e. The molecular weight excluding hydrogens is 388 g/mol. The van der Waals surface area contributed by atoms with E-state index >= 15 is 0 Å². The van der Waals surface area contributed by atoms with Gasteiger partial charge in [0.25, 0.3) is 11.6 Å². The number of anilines is 1. The maximum Gasteiger partial charge on any atom is 0.345 e. The number of amides is 1. The van der Waals surface area contributed by atoms with Crippen LogP contribution < -0.4 is 5.32 Å². The maximum absolute atomic E-state index is 12.3. The van der Waals surface area contributed by atoms with Crippen LogP contribution in [0, 0.1) is 30.9 Å². The Labute approximate surface area is 172 Å². The maximum atomic E-state index is 12.3. The molecule has 9 heteroatoms. The lowest BCUT2D eigenvalue weighted by molar-refractivity contribution is -0.385. The number of esters is 1. The van der Waals surface area contributed by atoms with E-state index in [1.165, 1.54) is 24.3 Å². The van der Waals surface area contributed by atoms with Gasteiger partial charge in [0.2, 0.25) is 0 Å². The monoisotopic (exact) mass is 408 g/mol. The fraction of sp³-hybridized carbons (Fsp3) is 0.190. The number of para-hydroxylation sites is 1. The summed E-state index contributed by atoms with van der Waals surface area (Å²) in [7, 11) is 0. The number of nitrogens with zero attached hydrogens (tertiary/aromatic N) is 3. The number of nitro groups is 1. The Morgan fingerprint density at radius 2 is 1.77 bits per heavy atom. The van der Waals surface area contributed by atoms with Gasteiger partial charge in [0.15, 0.2) is 6.61 Å². The Balaban J connectivity index is 1.69. The molecule has 1 N–H and O–H groups in total. The number of hydrogen-bond acceptors (Lipinski definition) is 6. The van der Waals surface area contributed by atoms with Crippen molar-refractivity contribution in [3.05, 3.63) is 81.2 Å². The first-order valence-electron chi connectivity index (χ1n) is 9.11. The summed E-state index contributed by atoms with van der Waals surface area (Å²) in [4.78, 5) is 34.8. The molecule has 0 aliphatic heterocycles. The minimum atomic E-state index is -0.943. The van der Waals surface area contributed by atoms with Crippen LogP contribution in [-0.4, -0.2) is 33.2 Å². The summed E-state index contributed by atoms with van der Waals surface area (Å²) in [5.41, 5.74) is 3.21. The Morgan fingerprint density at radius 3 is 2.43 bits per heavy atom. The molecule has 0 aliphatic rings. The molecule has 0 atom stereocenters. The van der Waals surface area contributed by atoms with Crippen molar-refractivity contribution in [2.24, 2.45) is 0 Å². The highest BCUT2D eigenvalue weighted by Crippen LogP contribution is 2.23. The van der Waals surface area contributed by atoms with Gasteiger partial charge in [-0.1, -0.05) is 29.8 Å². The van der Waals surface area contributed by atoms with Crippen molar-refractivity contribution in [2.45, 2.75) is 20.8 Å². The molecule has 1 heterocycles. The van der Waals surface area contributed by atoms with Crippen molar-refractivity contribution >= 4 is 23.3 Å². The Kier molecular flexibility index (Phi) is 5.91. The number of aryl methyl sites for hydroxylation is 2. The second kappa shape index (κ2) is 8.56. The third-order valence-electron chi connectivity index (χ3n) is 4.49. The zero-order valence-corrected chi connectivity index (χ0v) is 16.7. The summed E-state index contributed by atoms with van der Waals surface area (Å²) in [5.74, 6) is -1.52. The van der Waals surface area contributed by atoms with E-state index in [9.17, 15) is 19.7 Å². The summed E-state index contributed by atoms with van der Waals surface area (Å²) in [5, 5.41) is 18.2. The smallest absolute Gasteiger partial charge is 0.345 e. The third-order valence-corrected chi connectivity index (χ3v) is 4.49. The number of nitro benzene ring substituents is 1. The number of benzene rings is 2. The molecule has 0 unspecified atom stereocenters. The average Bonchev–Trinajstić information content (AvgIpc) is 3.00. The first-order chi connectivity index (χ1) is 14.3. The van der Waals surface area contributed by atoms with E-state index in [-0.39, 0.29) is 11.3 Å². The quantitative estimate of drug-likeness (QED) is 0.379. The highest BCUT2D eigenvalue weighted by Gasteiger charge is 2.22. The normalized spacial score (nSPS) is 10.5. The lowest BCUT2D eigenvalue weighted by atomic mass is 10.2. The van der Waals surface area contributed by atoms with Crippen molar-refractivity contribution < 1.29 is 19.2 Å². The Hall–Kier alpha value is -4.01. The van der Waals surface area contributed by atoms with Crippen molar-refractivity contribution in [2.75, 3.05) is 11.9 Å². The first-order valence-corrected chi connectivity index (χ1v) is 9.11. The fourth-order valence-corrected chi connectivity index (χ4v) is 2.95. The second-order valence-corrected chi connectivity index (χ2v) is 6.69. The summed E-state index contributed by atoms with van der Waals surface area (Å²) in [6, 6.07) is 13.2. The van der Waals surface area contributed by atoms with Crippen LogP contribution in [0.4, 0.5) is 11.4 Å². The molecule has 0 radical (unpaired) electrons. The fourth-order valence-electron chi connectivity index (χ4n) is 2.95. The molecular formula is C21H20N4O5. The number of ether oxygens (including phenoxy) is 1. The Morgan fingerprint density at radius 1 is 1.10 bits per heavy atom. The van der Waals surface area contributed by atoms with Gasteiger partial charge >= 0.3 is 5.97 Å². The first kappa shape index (κ1) is 20.7. The molecule has 0 spiro atoms. The summed E-state index contributed by atoms with van der Waals surface area (Å²) in [6.45, 7) is 4.98. The number of aromatic nitrogens is 2. The van der Waals surface area contributed by atoms with Gasteiger partial charge in [-0.2, -0.15) is 5.10 Å². The molecule has 0 aliphatic carbocycles. The van der Waals surface area contributed by atoms with E-state index in [0.717, 1.165) is 16.9 Å². The minimum Gasteiger partial charge on any atom is -0.452 e. The molecule has 30 heavy (non-hydrogen) atoms. The van der Waals surface area contributed by atoms with Crippen molar-refractivity contribution in [3.63, 3.8) is 0 Å². The molecule has 9 nitrogen and oxygen atoms in total. The van der Waals surface area contributed by atoms with Gasteiger partial charge in [-0.3, -0.25) is 14.9 Å².